The molecule has 1 N–H and O–H groups in total. The van der Waals surface area contributed by atoms with Crippen molar-refractivity contribution in [3.8, 4) is 0 Å². The van der Waals surface area contributed by atoms with E-state index in [-0.39, 0.29) is 23.4 Å². The fourth-order valence-corrected chi connectivity index (χ4v) is 1.90. The average Bonchev–Trinajstić information content (AvgIpc) is 2.66. The monoisotopic (exact) mass is 298 g/mol. The number of aliphatic imine (C=N–C) groups is 2. The molecule has 1 aliphatic heterocycles. The van der Waals surface area contributed by atoms with Crippen molar-refractivity contribution in [3.05, 3.63) is 34.9 Å². The van der Waals surface area contributed by atoms with Gasteiger partial charge in [-0.2, -0.15) is 23.2 Å². The van der Waals surface area contributed by atoms with Crippen LogP contribution in [-0.4, -0.2) is 28.5 Å². The van der Waals surface area contributed by atoms with E-state index in [1.807, 2.05) is 0 Å². The summed E-state index contributed by atoms with van der Waals surface area (Å²) in [7, 11) is 0. The van der Waals surface area contributed by atoms with Crippen LogP contribution in [0.2, 0.25) is 0 Å². The standard InChI is InChI=1S/C13H9F3N2O3/c1-6-10(18-12(21)17-6)5-7-2-3-8(11(19)20)4-9(7)13(14,15)16/h2-4H,5H2,1H3,(H,19,20). The van der Waals surface area contributed by atoms with E-state index in [1.165, 1.54) is 6.92 Å². The molecule has 0 atom stereocenters. The first-order chi connectivity index (χ1) is 9.68. The Bertz CT molecular complexity index is 690. The van der Waals surface area contributed by atoms with Gasteiger partial charge in [-0.1, -0.05) is 6.07 Å². The average molecular weight is 298 g/mol. The van der Waals surface area contributed by atoms with E-state index in [9.17, 15) is 22.8 Å². The second-order valence-electron chi connectivity index (χ2n) is 4.39. The van der Waals surface area contributed by atoms with Gasteiger partial charge in [-0.25, -0.2) is 9.59 Å². The second kappa shape index (κ2) is 5.12. The summed E-state index contributed by atoms with van der Waals surface area (Å²) in [6.07, 6.45) is -4.94. The number of urea groups is 1. The summed E-state index contributed by atoms with van der Waals surface area (Å²) >= 11 is 0. The normalized spacial score (nSPS) is 15.0. The van der Waals surface area contributed by atoms with Gasteiger partial charge in [-0.15, -0.1) is 0 Å². The topological polar surface area (TPSA) is 79.1 Å². The number of carbonyl (C=O) groups excluding carboxylic acids is 1. The van der Waals surface area contributed by atoms with Crippen molar-refractivity contribution in [2.75, 3.05) is 0 Å². The lowest BCUT2D eigenvalue weighted by atomic mass is 9.97. The maximum absolute atomic E-state index is 13.0. The molecule has 0 bridgehead atoms. The minimum absolute atomic E-state index is 0.147. The minimum Gasteiger partial charge on any atom is -0.478 e. The molecule has 1 heterocycles. The number of carboxylic acid groups (broad SMARTS) is 1. The van der Waals surface area contributed by atoms with Gasteiger partial charge in [0.05, 0.1) is 22.6 Å². The first-order valence-electron chi connectivity index (χ1n) is 5.79. The quantitative estimate of drug-likeness (QED) is 0.931. The number of alkyl halides is 3. The lowest BCUT2D eigenvalue weighted by molar-refractivity contribution is -0.138. The van der Waals surface area contributed by atoms with E-state index in [0.717, 1.165) is 12.1 Å². The van der Waals surface area contributed by atoms with Gasteiger partial charge >= 0.3 is 18.2 Å². The Kier molecular flexibility index (Phi) is 3.63. The Hall–Kier alpha value is -2.51. The highest BCUT2D eigenvalue weighted by molar-refractivity contribution is 6.47. The Morgan fingerprint density at radius 3 is 2.43 bits per heavy atom. The molecule has 2 amide bonds. The fourth-order valence-electron chi connectivity index (χ4n) is 1.90. The Balaban J connectivity index is 2.45. The van der Waals surface area contributed by atoms with Crippen LogP contribution in [0.15, 0.2) is 28.2 Å². The molecule has 2 rings (SSSR count). The number of benzene rings is 1. The van der Waals surface area contributed by atoms with Gasteiger partial charge in [0.15, 0.2) is 0 Å². The summed E-state index contributed by atoms with van der Waals surface area (Å²) in [5, 5.41) is 8.77. The molecular formula is C13H9F3N2O3. The van der Waals surface area contributed by atoms with Crippen LogP contribution in [0, 0.1) is 0 Å². The van der Waals surface area contributed by atoms with Gasteiger partial charge < -0.3 is 5.11 Å². The third-order valence-corrected chi connectivity index (χ3v) is 2.93. The number of carbonyl (C=O) groups is 2. The Labute approximate surface area is 116 Å². The molecule has 1 aliphatic rings. The highest BCUT2D eigenvalue weighted by Crippen LogP contribution is 2.33. The van der Waals surface area contributed by atoms with Crippen LogP contribution in [0.1, 0.15) is 28.4 Å². The first-order valence-corrected chi connectivity index (χ1v) is 5.79. The van der Waals surface area contributed by atoms with Crippen LogP contribution in [0.3, 0.4) is 0 Å². The molecule has 0 fully saturated rings. The predicted octanol–water partition coefficient (Wildman–Crippen LogP) is 2.98. The molecule has 0 radical (unpaired) electrons. The number of rotatable bonds is 3. The lowest BCUT2D eigenvalue weighted by Gasteiger charge is -2.13. The predicted molar refractivity (Wildman–Crippen MR) is 68.0 cm³/mol. The zero-order valence-corrected chi connectivity index (χ0v) is 10.7. The largest absolute Gasteiger partial charge is 0.478 e. The molecule has 1 aromatic rings. The van der Waals surface area contributed by atoms with E-state index >= 15 is 0 Å². The van der Waals surface area contributed by atoms with E-state index in [4.69, 9.17) is 5.11 Å². The molecule has 21 heavy (non-hydrogen) atoms. The van der Waals surface area contributed by atoms with E-state index in [0.29, 0.717) is 6.07 Å². The van der Waals surface area contributed by atoms with Gasteiger partial charge in [-0.05, 0) is 24.6 Å². The molecular weight excluding hydrogens is 289 g/mol. The lowest BCUT2D eigenvalue weighted by Crippen LogP contribution is -2.16. The zero-order chi connectivity index (χ0) is 15.8. The van der Waals surface area contributed by atoms with Crippen molar-refractivity contribution in [2.24, 2.45) is 9.98 Å². The SMILES string of the molecule is CC1=NC(=O)N=C1Cc1ccc(C(=O)O)cc1C(F)(F)F. The van der Waals surface area contributed by atoms with Crippen LogP contribution in [-0.2, 0) is 12.6 Å². The highest BCUT2D eigenvalue weighted by Gasteiger charge is 2.34. The highest BCUT2D eigenvalue weighted by atomic mass is 19.4. The molecule has 0 aliphatic carbocycles. The van der Waals surface area contributed by atoms with Crippen LogP contribution < -0.4 is 0 Å². The van der Waals surface area contributed by atoms with E-state index in [1.54, 1.807) is 0 Å². The Morgan fingerprint density at radius 2 is 1.95 bits per heavy atom. The number of carboxylic acids is 1. The maximum Gasteiger partial charge on any atom is 0.416 e. The summed E-state index contributed by atoms with van der Waals surface area (Å²) < 4.78 is 39.0. The fraction of sp³-hybridized carbons (Fsp3) is 0.231. The molecule has 0 aromatic heterocycles. The maximum atomic E-state index is 13.0. The van der Waals surface area contributed by atoms with Gasteiger partial charge in [0.2, 0.25) is 0 Å². The van der Waals surface area contributed by atoms with Gasteiger partial charge in [0.25, 0.3) is 0 Å². The van der Waals surface area contributed by atoms with Crippen molar-refractivity contribution in [1.29, 1.82) is 0 Å². The zero-order valence-electron chi connectivity index (χ0n) is 10.7. The second-order valence-corrected chi connectivity index (χ2v) is 4.39. The third-order valence-electron chi connectivity index (χ3n) is 2.93. The third kappa shape index (κ3) is 3.15. The number of hydrogen-bond donors (Lipinski definition) is 1. The summed E-state index contributed by atoms with van der Waals surface area (Å²) in [4.78, 5) is 28.8. The van der Waals surface area contributed by atoms with Crippen LogP contribution >= 0.6 is 0 Å². The number of halogens is 3. The summed E-state index contributed by atoms with van der Waals surface area (Å²) in [5.41, 5.74) is -1.27. The number of amides is 2. The summed E-state index contributed by atoms with van der Waals surface area (Å²) in [6.45, 7) is 1.47. The molecule has 8 heteroatoms. The van der Waals surface area contributed by atoms with Crippen LogP contribution in [0.25, 0.3) is 0 Å². The molecule has 5 nitrogen and oxygen atoms in total. The Morgan fingerprint density at radius 1 is 1.29 bits per heavy atom. The number of nitrogens with zero attached hydrogens (tertiary/aromatic N) is 2. The van der Waals surface area contributed by atoms with Crippen LogP contribution in [0.4, 0.5) is 18.0 Å². The summed E-state index contributed by atoms with van der Waals surface area (Å²) in [6, 6.07) is 1.97. The van der Waals surface area contributed by atoms with E-state index in [2.05, 4.69) is 9.98 Å². The van der Waals surface area contributed by atoms with Crippen molar-refractivity contribution < 1.29 is 27.9 Å². The molecule has 1 aromatic carbocycles. The van der Waals surface area contributed by atoms with Gasteiger partial charge in [-0.3, -0.25) is 0 Å². The molecule has 0 unspecified atom stereocenters. The molecule has 0 saturated carbocycles. The van der Waals surface area contributed by atoms with Crippen molar-refractivity contribution in [3.63, 3.8) is 0 Å². The van der Waals surface area contributed by atoms with Crippen molar-refractivity contribution in [2.45, 2.75) is 19.5 Å². The molecule has 0 spiro atoms. The number of aromatic carboxylic acids is 1. The van der Waals surface area contributed by atoms with Crippen LogP contribution in [0.5, 0.6) is 0 Å². The summed E-state index contributed by atoms with van der Waals surface area (Å²) in [5.74, 6) is -1.45. The van der Waals surface area contributed by atoms with Crippen molar-refractivity contribution in [1.82, 2.24) is 0 Å². The molecule has 110 valence electrons. The van der Waals surface area contributed by atoms with Gasteiger partial charge in [0.1, 0.15) is 0 Å². The van der Waals surface area contributed by atoms with E-state index < -0.39 is 29.3 Å². The first kappa shape index (κ1) is 14.9. The van der Waals surface area contributed by atoms with Gasteiger partial charge in [0, 0.05) is 6.42 Å². The van der Waals surface area contributed by atoms with Crippen molar-refractivity contribution >= 4 is 23.4 Å². The minimum atomic E-state index is -4.70. The number of hydrogen-bond acceptors (Lipinski definition) is 2. The molecule has 0 saturated heterocycles. The smallest absolute Gasteiger partial charge is 0.416 e.